The number of nitrogens with one attached hydrogen (secondary N) is 2. The highest BCUT2D eigenvalue weighted by Crippen LogP contribution is 2.34. The van der Waals surface area contributed by atoms with E-state index in [0.29, 0.717) is 35.0 Å². The first-order valence-electron chi connectivity index (χ1n) is 12.3. The van der Waals surface area contributed by atoms with Crippen LogP contribution in [0.25, 0.3) is 11.3 Å². The number of non-ortho nitro benzene ring substituents is 1. The fourth-order valence-corrected chi connectivity index (χ4v) is 3.91. The summed E-state index contributed by atoms with van der Waals surface area (Å²) >= 11 is 0. The van der Waals surface area contributed by atoms with E-state index in [9.17, 15) is 19.7 Å². The van der Waals surface area contributed by atoms with Gasteiger partial charge in [-0.1, -0.05) is 32.0 Å². The zero-order valence-corrected chi connectivity index (χ0v) is 22.5. The Bertz CT molecular complexity index is 1340. The van der Waals surface area contributed by atoms with Crippen molar-refractivity contribution in [2.75, 3.05) is 13.7 Å². The van der Waals surface area contributed by atoms with Crippen LogP contribution in [0.5, 0.6) is 11.5 Å². The van der Waals surface area contributed by atoms with Gasteiger partial charge in [-0.3, -0.25) is 19.7 Å². The molecule has 3 aromatic rings. The van der Waals surface area contributed by atoms with Crippen molar-refractivity contribution in [1.29, 1.82) is 0 Å². The van der Waals surface area contributed by atoms with Gasteiger partial charge in [-0.05, 0) is 55.5 Å². The lowest BCUT2D eigenvalue weighted by Crippen LogP contribution is -2.47. The highest BCUT2D eigenvalue weighted by molar-refractivity contribution is 5.89. The fraction of sp³-hybridized carbons (Fsp3) is 0.321. The molecule has 11 nitrogen and oxygen atoms in total. The zero-order valence-electron chi connectivity index (χ0n) is 22.5. The Balaban J connectivity index is 1.63. The molecule has 0 spiro atoms. The summed E-state index contributed by atoms with van der Waals surface area (Å²) < 4.78 is 16.7. The lowest BCUT2D eigenvalue weighted by molar-refractivity contribution is -0.384. The van der Waals surface area contributed by atoms with Crippen molar-refractivity contribution in [3.8, 4) is 22.8 Å². The number of hydrazone groups is 1. The first kappa shape index (κ1) is 28.9. The van der Waals surface area contributed by atoms with Crippen molar-refractivity contribution < 1.29 is 28.4 Å². The summed E-state index contributed by atoms with van der Waals surface area (Å²) in [6.45, 7) is 7.45. The third-order valence-corrected chi connectivity index (χ3v) is 5.77. The van der Waals surface area contributed by atoms with Crippen molar-refractivity contribution in [2.45, 2.75) is 40.2 Å². The second-order valence-corrected chi connectivity index (χ2v) is 9.34. The molecule has 11 heteroatoms. The van der Waals surface area contributed by atoms with Gasteiger partial charge in [-0.2, -0.15) is 5.10 Å². The van der Waals surface area contributed by atoms with Crippen molar-refractivity contribution in [3.63, 3.8) is 0 Å². The van der Waals surface area contributed by atoms with E-state index < -0.39 is 22.8 Å². The van der Waals surface area contributed by atoms with Gasteiger partial charge >= 0.3 is 0 Å². The van der Waals surface area contributed by atoms with Crippen LogP contribution in [-0.2, 0) is 9.59 Å². The Hall–Kier alpha value is -4.67. The fourth-order valence-electron chi connectivity index (χ4n) is 3.91. The normalized spacial score (nSPS) is 11.8. The molecule has 1 heterocycles. The van der Waals surface area contributed by atoms with Crippen molar-refractivity contribution >= 4 is 23.7 Å². The number of hydrogen-bond acceptors (Lipinski definition) is 8. The summed E-state index contributed by atoms with van der Waals surface area (Å²) in [7, 11) is 1.45. The van der Waals surface area contributed by atoms with E-state index >= 15 is 0 Å². The van der Waals surface area contributed by atoms with Crippen LogP contribution in [0.1, 0.15) is 37.2 Å². The molecule has 39 heavy (non-hydrogen) atoms. The summed E-state index contributed by atoms with van der Waals surface area (Å²) in [6.07, 6.45) is 1.69. The average Bonchev–Trinajstić information content (AvgIpc) is 3.36. The molecule has 0 radical (unpaired) electrons. The molecule has 0 aliphatic carbocycles. The Morgan fingerprint density at radius 2 is 1.85 bits per heavy atom. The van der Waals surface area contributed by atoms with Crippen LogP contribution in [0, 0.1) is 29.9 Å². The van der Waals surface area contributed by atoms with E-state index in [4.69, 9.17) is 13.9 Å². The summed E-state index contributed by atoms with van der Waals surface area (Å²) in [5.74, 6) is 0.879. The maximum absolute atomic E-state index is 12.8. The molecular weight excluding hydrogens is 504 g/mol. The SMILES string of the molecule is COc1ccc([N+](=O)[O-])cc1-c1ccc(/C=N\NC(=O)[C@H](CC(C)C)NC(=O)COc2c(C)cccc2C)o1. The molecule has 0 bridgehead atoms. The minimum Gasteiger partial charge on any atom is -0.496 e. The topological polar surface area (TPSA) is 145 Å². The molecule has 1 atom stereocenters. The summed E-state index contributed by atoms with van der Waals surface area (Å²) in [5.41, 5.74) is 4.55. The number of benzene rings is 2. The number of ether oxygens (including phenoxy) is 2. The molecule has 2 N–H and O–H groups in total. The Labute approximate surface area is 226 Å². The number of nitro groups is 1. The highest BCUT2D eigenvalue weighted by Gasteiger charge is 2.22. The molecule has 2 amide bonds. The molecule has 0 fully saturated rings. The maximum atomic E-state index is 12.8. The molecule has 0 aliphatic heterocycles. The van der Waals surface area contributed by atoms with Crippen LogP contribution < -0.4 is 20.2 Å². The minimum absolute atomic E-state index is 0.109. The minimum atomic E-state index is -0.822. The number of rotatable bonds is 12. The van der Waals surface area contributed by atoms with Crippen molar-refractivity contribution in [2.24, 2.45) is 11.0 Å². The quantitative estimate of drug-likeness (QED) is 0.196. The lowest BCUT2D eigenvalue weighted by Gasteiger charge is -2.19. The maximum Gasteiger partial charge on any atom is 0.270 e. The standard InChI is InChI=1S/C28H32N4O7/c1-17(2)13-23(30-26(33)16-38-27-18(3)7-6-8-19(27)4)28(34)31-29-15-21-10-12-25(39-21)22-14-20(32(35)36)9-11-24(22)37-5/h6-12,14-15,17,23H,13,16H2,1-5H3,(H,30,33)(H,31,34)/b29-15-/t23-/m0/s1. The first-order valence-corrected chi connectivity index (χ1v) is 12.3. The number of nitrogens with zero attached hydrogens (tertiary/aromatic N) is 2. The molecular formula is C28H32N4O7. The van der Waals surface area contributed by atoms with Crippen LogP contribution in [0.4, 0.5) is 5.69 Å². The third-order valence-electron chi connectivity index (χ3n) is 5.77. The van der Waals surface area contributed by atoms with Gasteiger partial charge < -0.3 is 19.2 Å². The molecule has 2 aromatic carbocycles. The third kappa shape index (κ3) is 7.91. The van der Waals surface area contributed by atoms with E-state index in [1.807, 2.05) is 45.9 Å². The van der Waals surface area contributed by atoms with Crippen molar-refractivity contribution in [3.05, 3.63) is 75.5 Å². The zero-order chi connectivity index (χ0) is 28.5. The van der Waals surface area contributed by atoms with E-state index in [-0.39, 0.29) is 18.2 Å². The Morgan fingerprint density at radius 3 is 2.49 bits per heavy atom. The van der Waals surface area contributed by atoms with Crippen LogP contribution in [-0.4, -0.2) is 42.7 Å². The van der Waals surface area contributed by atoms with Crippen molar-refractivity contribution in [1.82, 2.24) is 10.7 Å². The van der Waals surface area contributed by atoms with Gasteiger partial charge in [0, 0.05) is 12.1 Å². The van der Waals surface area contributed by atoms with Gasteiger partial charge in [-0.25, -0.2) is 5.43 Å². The molecule has 0 saturated heterocycles. The molecule has 3 rings (SSSR count). The van der Waals surface area contributed by atoms with Gasteiger partial charge in [-0.15, -0.1) is 0 Å². The van der Waals surface area contributed by atoms with Gasteiger partial charge in [0.05, 0.1) is 23.8 Å². The Morgan fingerprint density at radius 1 is 1.13 bits per heavy atom. The number of carbonyl (C=O) groups excluding carboxylic acids is 2. The summed E-state index contributed by atoms with van der Waals surface area (Å²) in [4.78, 5) is 36.0. The predicted molar refractivity (Wildman–Crippen MR) is 146 cm³/mol. The molecule has 0 aliphatic rings. The number of aryl methyl sites for hydroxylation is 2. The number of furan rings is 1. The largest absolute Gasteiger partial charge is 0.496 e. The smallest absolute Gasteiger partial charge is 0.270 e. The Kier molecular flexibility index (Phi) is 9.80. The van der Waals surface area contributed by atoms with E-state index in [1.165, 1.54) is 31.5 Å². The van der Waals surface area contributed by atoms with Crippen LogP contribution in [0.3, 0.4) is 0 Å². The molecule has 0 saturated carbocycles. The molecule has 1 aromatic heterocycles. The first-order chi connectivity index (χ1) is 18.6. The average molecular weight is 537 g/mol. The molecule has 206 valence electrons. The second-order valence-electron chi connectivity index (χ2n) is 9.34. The van der Waals surface area contributed by atoms with Gasteiger partial charge in [0.15, 0.2) is 6.61 Å². The van der Waals surface area contributed by atoms with Crippen LogP contribution in [0.15, 0.2) is 58.0 Å². The van der Waals surface area contributed by atoms with E-state index in [2.05, 4.69) is 15.8 Å². The number of amides is 2. The highest BCUT2D eigenvalue weighted by atomic mass is 16.6. The van der Waals surface area contributed by atoms with Crippen LogP contribution >= 0.6 is 0 Å². The van der Waals surface area contributed by atoms with Gasteiger partial charge in [0.1, 0.15) is 29.1 Å². The molecule has 0 unspecified atom stereocenters. The van der Waals surface area contributed by atoms with Gasteiger partial charge in [0.25, 0.3) is 17.5 Å². The monoisotopic (exact) mass is 536 g/mol. The number of para-hydroxylation sites is 1. The number of nitro benzene ring substituents is 1. The number of carbonyl (C=O) groups is 2. The van der Waals surface area contributed by atoms with Gasteiger partial charge in [0.2, 0.25) is 0 Å². The van der Waals surface area contributed by atoms with E-state index in [0.717, 1.165) is 11.1 Å². The summed E-state index contributed by atoms with van der Waals surface area (Å²) in [6, 6.07) is 12.3. The van der Waals surface area contributed by atoms with Crippen LogP contribution in [0.2, 0.25) is 0 Å². The lowest BCUT2D eigenvalue weighted by atomic mass is 10.0. The number of methoxy groups -OCH3 is 1. The second kappa shape index (κ2) is 13.2. The summed E-state index contributed by atoms with van der Waals surface area (Å²) in [5, 5.41) is 17.8. The predicted octanol–water partition coefficient (Wildman–Crippen LogP) is 4.54. The van der Waals surface area contributed by atoms with E-state index in [1.54, 1.807) is 12.1 Å². The number of hydrogen-bond donors (Lipinski definition) is 2.